The van der Waals surface area contributed by atoms with Crippen molar-refractivity contribution >= 4 is 33.6 Å². The van der Waals surface area contributed by atoms with Crippen LogP contribution in [0, 0.1) is 0 Å². The molecule has 0 unspecified atom stereocenters. The zero-order chi connectivity index (χ0) is 14.9. The molecule has 0 saturated carbocycles. The Morgan fingerprint density at radius 2 is 2.00 bits per heavy atom. The molecule has 20 heavy (non-hydrogen) atoms. The van der Waals surface area contributed by atoms with Crippen LogP contribution in [-0.2, 0) is 4.79 Å². The Morgan fingerprint density at radius 1 is 1.30 bits per heavy atom. The van der Waals surface area contributed by atoms with Gasteiger partial charge in [-0.3, -0.25) is 9.69 Å². The molecule has 1 saturated heterocycles. The van der Waals surface area contributed by atoms with Gasteiger partial charge in [-0.25, -0.2) is 9.69 Å². The maximum absolute atomic E-state index is 12.5. The minimum Gasteiger partial charge on any atom is -0.382 e. The third-order valence-electron chi connectivity index (χ3n) is 2.90. The van der Waals surface area contributed by atoms with E-state index in [4.69, 9.17) is 0 Å². The lowest BCUT2D eigenvalue weighted by Gasteiger charge is -2.15. The van der Waals surface area contributed by atoms with Gasteiger partial charge >= 0.3 is 6.03 Å². The first kappa shape index (κ1) is 14.6. The van der Waals surface area contributed by atoms with E-state index in [2.05, 4.69) is 15.9 Å². The summed E-state index contributed by atoms with van der Waals surface area (Å²) in [5, 5.41) is 0. The molecule has 6 heteroatoms. The highest BCUT2D eigenvalue weighted by Crippen LogP contribution is 2.29. The van der Waals surface area contributed by atoms with Gasteiger partial charge < -0.3 is 4.90 Å². The highest BCUT2D eigenvalue weighted by atomic mass is 79.9. The maximum atomic E-state index is 12.5. The molecule has 5 nitrogen and oxygen atoms in total. The van der Waals surface area contributed by atoms with E-state index in [1.807, 2.05) is 27.1 Å². The Bertz CT molecular complexity index is 584. The van der Waals surface area contributed by atoms with Gasteiger partial charge in [0.25, 0.3) is 5.91 Å². The molecule has 0 aromatic heterocycles. The van der Waals surface area contributed by atoms with Crippen molar-refractivity contribution in [2.24, 2.45) is 0 Å². The number of anilines is 1. The van der Waals surface area contributed by atoms with E-state index in [0.29, 0.717) is 17.9 Å². The fraction of sp³-hybridized carbons (Fsp3) is 0.286. The van der Waals surface area contributed by atoms with E-state index in [9.17, 15) is 9.59 Å². The Hall–Kier alpha value is -1.82. The molecular weight excluding hydrogens is 322 g/mol. The number of nitrogens with zero attached hydrogens (tertiary/aromatic N) is 3. The molecule has 2 rings (SSSR count). The summed E-state index contributed by atoms with van der Waals surface area (Å²) in [6.45, 7) is 2.30. The molecule has 0 N–H and O–H groups in total. The summed E-state index contributed by atoms with van der Waals surface area (Å²) >= 11 is 3.35. The third-order valence-corrected chi connectivity index (χ3v) is 3.39. The first-order chi connectivity index (χ1) is 9.45. The van der Waals surface area contributed by atoms with Gasteiger partial charge in [0, 0.05) is 31.3 Å². The van der Waals surface area contributed by atoms with Gasteiger partial charge in [-0.15, -0.1) is 0 Å². The molecular formula is C14H16BrN3O2. The second-order valence-corrected chi connectivity index (χ2v) is 5.54. The van der Waals surface area contributed by atoms with Crippen LogP contribution in [0.2, 0.25) is 0 Å². The second-order valence-electron chi connectivity index (χ2n) is 4.63. The van der Waals surface area contributed by atoms with E-state index in [1.54, 1.807) is 29.3 Å². The number of hydrogen-bond acceptors (Lipinski definition) is 3. The van der Waals surface area contributed by atoms with Crippen molar-refractivity contribution in [1.29, 1.82) is 0 Å². The SMILES string of the molecule is CCN1C(=O)N(c2cccc(Br)c2)C(=O)C1=CN(C)C. The van der Waals surface area contributed by atoms with Gasteiger partial charge in [0.2, 0.25) is 0 Å². The summed E-state index contributed by atoms with van der Waals surface area (Å²) in [6, 6.07) is 6.82. The number of imide groups is 1. The summed E-state index contributed by atoms with van der Waals surface area (Å²) in [7, 11) is 3.64. The number of halogens is 1. The number of carbonyl (C=O) groups is 2. The standard InChI is InChI=1S/C14H16BrN3O2/c1-4-17-12(9-16(2)3)13(19)18(14(17)20)11-7-5-6-10(15)8-11/h5-9H,4H2,1-3H3. The summed E-state index contributed by atoms with van der Waals surface area (Å²) in [6.07, 6.45) is 1.67. The summed E-state index contributed by atoms with van der Waals surface area (Å²) < 4.78 is 0.823. The Labute approximate surface area is 126 Å². The van der Waals surface area contributed by atoms with E-state index in [-0.39, 0.29) is 11.9 Å². The van der Waals surface area contributed by atoms with Crippen molar-refractivity contribution in [2.45, 2.75) is 6.92 Å². The third kappa shape index (κ3) is 2.56. The molecule has 0 bridgehead atoms. The summed E-state index contributed by atoms with van der Waals surface area (Å²) in [4.78, 5) is 29.3. The number of rotatable bonds is 3. The number of urea groups is 1. The predicted molar refractivity (Wildman–Crippen MR) is 81.2 cm³/mol. The molecule has 1 heterocycles. The largest absolute Gasteiger partial charge is 0.382 e. The Kier molecular flexibility index (Phi) is 4.13. The van der Waals surface area contributed by atoms with Gasteiger partial charge in [0.1, 0.15) is 5.70 Å². The number of benzene rings is 1. The summed E-state index contributed by atoms with van der Waals surface area (Å²) in [5.74, 6) is -0.302. The van der Waals surface area contributed by atoms with Crippen LogP contribution >= 0.6 is 15.9 Å². The minimum absolute atomic E-state index is 0.302. The van der Waals surface area contributed by atoms with Crippen LogP contribution in [0.15, 0.2) is 40.6 Å². The van der Waals surface area contributed by atoms with E-state index in [0.717, 1.165) is 4.47 Å². The van der Waals surface area contributed by atoms with E-state index < -0.39 is 0 Å². The van der Waals surface area contributed by atoms with Crippen molar-refractivity contribution in [3.8, 4) is 0 Å². The molecule has 1 aromatic carbocycles. The molecule has 1 aromatic rings. The van der Waals surface area contributed by atoms with Gasteiger partial charge in [0.05, 0.1) is 5.69 Å². The maximum Gasteiger partial charge on any atom is 0.336 e. The van der Waals surface area contributed by atoms with Crippen LogP contribution in [0.3, 0.4) is 0 Å². The fourth-order valence-corrected chi connectivity index (χ4v) is 2.45. The number of carbonyl (C=O) groups excluding carboxylic acids is 2. The lowest BCUT2D eigenvalue weighted by molar-refractivity contribution is -0.114. The molecule has 1 aliphatic heterocycles. The first-order valence-electron chi connectivity index (χ1n) is 6.25. The first-order valence-corrected chi connectivity index (χ1v) is 7.04. The highest BCUT2D eigenvalue weighted by Gasteiger charge is 2.41. The van der Waals surface area contributed by atoms with Crippen LogP contribution < -0.4 is 4.90 Å². The van der Waals surface area contributed by atoms with E-state index in [1.165, 1.54) is 9.80 Å². The lowest BCUT2D eigenvalue weighted by atomic mass is 10.3. The van der Waals surface area contributed by atoms with Crippen LogP contribution in [0.4, 0.5) is 10.5 Å². The highest BCUT2D eigenvalue weighted by molar-refractivity contribution is 9.10. The molecule has 0 aliphatic carbocycles. The molecule has 3 amide bonds. The molecule has 0 radical (unpaired) electrons. The van der Waals surface area contributed by atoms with Crippen LogP contribution in [0.25, 0.3) is 0 Å². The van der Waals surface area contributed by atoms with Crippen LogP contribution in [-0.4, -0.2) is 42.4 Å². The zero-order valence-corrected chi connectivity index (χ0v) is 13.2. The smallest absolute Gasteiger partial charge is 0.336 e. The Balaban J connectivity index is 2.46. The fourth-order valence-electron chi connectivity index (χ4n) is 2.06. The average molecular weight is 338 g/mol. The van der Waals surface area contributed by atoms with Crippen molar-refractivity contribution in [3.05, 3.63) is 40.6 Å². The van der Waals surface area contributed by atoms with Gasteiger partial charge in [-0.2, -0.15) is 0 Å². The second kappa shape index (κ2) is 5.66. The lowest BCUT2D eigenvalue weighted by Crippen LogP contribution is -2.32. The van der Waals surface area contributed by atoms with Crippen molar-refractivity contribution in [3.63, 3.8) is 0 Å². The topological polar surface area (TPSA) is 43.9 Å². The minimum atomic E-state index is -0.316. The normalized spacial score (nSPS) is 17.3. The zero-order valence-electron chi connectivity index (χ0n) is 11.6. The number of hydrogen-bond donors (Lipinski definition) is 0. The average Bonchev–Trinajstić information content (AvgIpc) is 2.60. The van der Waals surface area contributed by atoms with Crippen molar-refractivity contribution in [2.75, 3.05) is 25.5 Å². The van der Waals surface area contributed by atoms with Crippen LogP contribution in [0.5, 0.6) is 0 Å². The van der Waals surface area contributed by atoms with Gasteiger partial charge in [-0.05, 0) is 25.1 Å². The van der Waals surface area contributed by atoms with Crippen molar-refractivity contribution in [1.82, 2.24) is 9.80 Å². The molecule has 1 fully saturated rings. The van der Waals surface area contributed by atoms with Gasteiger partial charge in [-0.1, -0.05) is 22.0 Å². The predicted octanol–water partition coefficient (Wildman–Crippen LogP) is 2.64. The van der Waals surface area contributed by atoms with E-state index >= 15 is 0 Å². The summed E-state index contributed by atoms with van der Waals surface area (Å²) in [5.41, 5.74) is 0.956. The van der Waals surface area contributed by atoms with Crippen molar-refractivity contribution < 1.29 is 9.59 Å². The number of likely N-dealkylation sites (N-methyl/N-ethyl adjacent to an activating group) is 1. The molecule has 1 aliphatic rings. The van der Waals surface area contributed by atoms with Gasteiger partial charge in [0.15, 0.2) is 0 Å². The number of amides is 3. The van der Waals surface area contributed by atoms with Crippen LogP contribution in [0.1, 0.15) is 6.92 Å². The molecule has 0 atom stereocenters. The Morgan fingerprint density at radius 3 is 2.55 bits per heavy atom. The quantitative estimate of drug-likeness (QED) is 0.629. The molecule has 106 valence electrons. The molecule has 0 spiro atoms. The monoisotopic (exact) mass is 337 g/mol.